The van der Waals surface area contributed by atoms with E-state index in [1.807, 2.05) is 6.92 Å². The zero-order valence-corrected chi connectivity index (χ0v) is 11.2. The van der Waals surface area contributed by atoms with Crippen LogP contribution in [0, 0.1) is 6.92 Å². The second kappa shape index (κ2) is 7.80. The quantitative estimate of drug-likeness (QED) is 0.704. The second-order valence-corrected chi connectivity index (χ2v) is 5.48. The van der Waals surface area contributed by atoms with Crippen molar-refractivity contribution in [1.29, 1.82) is 0 Å². The molecule has 1 aromatic heterocycles. The first kappa shape index (κ1) is 13.7. The normalized spacial score (nSPS) is 12.9. The summed E-state index contributed by atoms with van der Waals surface area (Å²) in [5.74, 6) is 0. The van der Waals surface area contributed by atoms with Crippen LogP contribution >= 0.6 is 11.3 Å². The van der Waals surface area contributed by atoms with Gasteiger partial charge in [0.15, 0.2) is 0 Å². The van der Waals surface area contributed by atoms with E-state index in [0.29, 0.717) is 0 Å². The van der Waals surface area contributed by atoms with E-state index in [2.05, 4.69) is 17.3 Å². The fourth-order valence-electron chi connectivity index (χ4n) is 1.83. The van der Waals surface area contributed by atoms with E-state index in [0.717, 1.165) is 30.0 Å². The van der Waals surface area contributed by atoms with E-state index in [1.165, 1.54) is 25.7 Å². The Hall–Kier alpha value is -0.410. The van der Waals surface area contributed by atoms with Gasteiger partial charge in [-0.25, -0.2) is 4.98 Å². The van der Waals surface area contributed by atoms with Gasteiger partial charge in [0.1, 0.15) is 0 Å². The van der Waals surface area contributed by atoms with Gasteiger partial charge in [-0.2, -0.15) is 0 Å². The number of aromatic nitrogens is 1. The fraction of sp³-hybridized carbons (Fsp3) is 0.769. The molecular weight excluding hydrogens is 218 g/mol. The van der Waals surface area contributed by atoms with Gasteiger partial charge in [0.25, 0.3) is 0 Å². The molecular formula is C13H23NOS. The van der Waals surface area contributed by atoms with Crippen molar-refractivity contribution >= 4 is 11.3 Å². The maximum Gasteiger partial charge on any atom is 0.0897 e. The summed E-state index contributed by atoms with van der Waals surface area (Å²) in [5.41, 5.74) is 1.04. The lowest BCUT2D eigenvalue weighted by Crippen LogP contribution is -2.10. The standard InChI is InChI=1S/C13H23NOS/c1-3-4-5-6-7-8-13(15)9-12-10-16-11(2)14-12/h10,13,15H,3-9H2,1-2H3. The highest BCUT2D eigenvalue weighted by molar-refractivity contribution is 7.09. The van der Waals surface area contributed by atoms with Crippen molar-refractivity contribution in [2.45, 2.75) is 64.9 Å². The summed E-state index contributed by atoms with van der Waals surface area (Å²) in [6.45, 7) is 4.23. The topological polar surface area (TPSA) is 33.1 Å². The largest absolute Gasteiger partial charge is 0.393 e. The Balaban J connectivity index is 2.09. The van der Waals surface area contributed by atoms with Gasteiger partial charge >= 0.3 is 0 Å². The summed E-state index contributed by atoms with van der Waals surface area (Å²) in [5, 5.41) is 13.0. The van der Waals surface area contributed by atoms with Crippen LogP contribution in [0.3, 0.4) is 0 Å². The summed E-state index contributed by atoms with van der Waals surface area (Å²) >= 11 is 1.66. The summed E-state index contributed by atoms with van der Waals surface area (Å²) in [7, 11) is 0. The molecule has 0 spiro atoms. The number of aliphatic hydroxyl groups is 1. The van der Waals surface area contributed by atoms with E-state index in [4.69, 9.17) is 0 Å². The van der Waals surface area contributed by atoms with Gasteiger partial charge in [-0.05, 0) is 13.3 Å². The van der Waals surface area contributed by atoms with Crippen molar-refractivity contribution in [1.82, 2.24) is 4.98 Å². The molecule has 0 aliphatic heterocycles. The van der Waals surface area contributed by atoms with E-state index >= 15 is 0 Å². The molecule has 1 N–H and O–H groups in total. The number of unbranched alkanes of at least 4 members (excludes halogenated alkanes) is 4. The molecule has 0 bridgehead atoms. The molecule has 0 radical (unpaired) electrons. The van der Waals surface area contributed by atoms with Gasteiger partial charge in [0.2, 0.25) is 0 Å². The Morgan fingerprint density at radius 1 is 1.31 bits per heavy atom. The van der Waals surface area contributed by atoms with E-state index in [-0.39, 0.29) is 6.10 Å². The molecule has 1 rings (SSSR count). The summed E-state index contributed by atoms with van der Waals surface area (Å²) < 4.78 is 0. The van der Waals surface area contributed by atoms with Crippen LogP contribution in [0.15, 0.2) is 5.38 Å². The number of aryl methyl sites for hydroxylation is 1. The first-order valence-corrected chi connectivity index (χ1v) is 7.19. The number of hydrogen-bond acceptors (Lipinski definition) is 3. The Morgan fingerprint density at radius 3 is 2.69 bits per heavy atom. The van der Waals surface area contributed by atoms with Crippen molar-refractivity contribution < 1.29 is 5.11 Å². The lowest BCUT2D eigenvalue weighted by Gasteiger charge is -2.08. The van der Waals surface area contributed by atoms with Crippen molar-refractivity contribution in [3.05, 3.63) is 16.1 Å². The van der Waals surface area contributed by atoms with Crippen molar-refractivity contribution in [2.24, 2.45) is 0 Å². The third-order valence-electron chi connectivity index (χ3n) is 2.75. The molecule has 3 heteroatoms. The minimum absolute atomic E-state index is 0.205. The number of nitrogens with zero attached hydrogens (tertiary/aromatic N) is 1. The summed E-state index contributed by atoms with van der Waals surface area (Å²) in [6.07, 6.45) is 7.73. The Labute approximate surface area is 103 Å². The van der Waals surface area contributed by atoms with Gasteiger partial charge < -0.3 is 5.11 Å². The van der Waals surface area contributed by atoms with E-state index in [9.17, 15) is 5.11 Å². The third-order valence-corrected chi connectivity index (χ3v) is 3.57. The Bertz CT molecular complexity index is 285. The molecule has 0 fully saturated rings. The molecule has 0 aromatic carbocycles. The molecule has 1 heterocycles. The molecule has 0 aliphatic rings. The smallest absolute Gasteiger partial charge is 0.0897 e. The maximum atomic E-state index is 9.83. The fourth-order valence-corrected chi connectivity index (χ4v) is 2.45. The average molecular weight is 241 g/mol. The Kier molecular flexibility index (Phi) is 6.65. The van der Waals surface area contributed by atoms with E-state index in [1.54, 1.807) is 11.3 Å². The monoisotopic (exact) mass is 241 g/mol. The number of rotatable bonds is 8. The highest BCUT2D eigenvalue weighted by Gasteiger charge is 2.07. The molecule has 2 nitrogen and oxygen atoms in total. The SMILES string of the molecule is CCCCCCCC(O)Cc1csc(C)n1. The summed E-state index contributed by atoms with van der Waals surface area (Å²) in [4.78, 5) is 4.37. The minimum Gasteiger partial charge on any atom is -0.393 e. The molecule has 0 aliphatic carbocycles. The zero-order chi connectivity index (χ0) is 11.8. The minimum atomic E-state index is -0.205. The first-order chi connectivity index (χ1) is 7.72. The zero-order valence-electron chi connectivity index (χ0n) is 10.4. The molecule has 92 valence electrons. The van der Waals surface area contributed by atoms with E-state index < -0.39 is 0 Å². The van der Waals surface area contributed by atoms with Crippen LogP contribution in [0.2, 0.25) is 0 Å². The van der Waals surface area contributed by atoms with Crippen LogP contribution in [0.4, 0.5) is 0 Å². The molecule has 0 saturated heterocycles. The average Bonchev–Trinajstić information content (AvgIpc) is 2.63. The van der Waals surface area contributed by atoms with Crippen LogP contribution in [-0.4, -0.2) is 16.2 Å². The summed E-state index contributed by atoms with van der Waals surface area (Å²) in [6, 6.07) is 0. The van der Waals surface area contributed by atoms with Crippen LogP contribution in [0.5, 0.6) is 0 Å². The lowest BCUT2D eigenvalue weighted by atomic mass is 10.1. The van der Waals surface area contributed by atoms with Gasteiger partial charge in [-0.3, -0.25) is 0 Å². The lowest BCUT2D eigenvalue weighted by molar-refractivity contribution is 0.160. The van der Waals surface area contributed by atoms with Crippen LogP contribution in [-0.2, 0) is 6.42 Å². The van der Waals surface area contributed by atoms with Gasteiger partial charge in [0.05, 0.1) is 16.8 Å². The molecule has 0 amide bonds. The van der Waals surface area contributed by atoms with Crippen molar-refractivity contribution in [3.63, 3.8) is 0 Å². The molecule has 0 saturated carbocycles. The maximum absolute atomic E-state index is 9.83. The van der Waals surface area contributed by atoms with Gasteiger partial charge in [-0.1, -0.05) is 39.0 Å². The highest BCUT2D eigenvalue weighted by Crippen LogP contribution is 2.13. The first-order valence-electron chi connectivity index (χ1n) is 6.31. The number of hydrogen-bond donors (Lipinski definition) is 1. The Morgan fingerprint density at radius 2 is 2.06 bits per heavy atom. The predicted molar refractivity (Wildman–Crippen MR) is 69.9 cm³/mol. The molecule has 16 heavy (non-hydrogen) atoms. The number of aliphatic hydroxyl groups excluding tert-OH is 1. The van der Waals surface area contributed by atoms with Crippen molar-refractivity contribution in [3.8, 4) is 0 Å². The van der Waals surface area contributed by atoms with Crippen LogP contribution < -0.4 is 0 Å². The predicted octanol–water partition coefficient (Wildman–Crippen LogP) is 3.72. The van der Waals surface area contributed by atoms with Crippen LogP contribution in [0.25, 0.3) is 0 Å². The highest BCUT2D eigenvalue weighted by atomic mass is 32.1. The molecule has 1 aromatic rings. The number of thiazole rings is 1. The second-order valence-electron chi connectivity index (χ2n) is 4.42. The van der Waals surface area contributed by atoms with Gasteiger partial charge in [0, 0.05) is 11.8 Å². The van der Waals surface area contributed by atoms with Crippen LogP contribution in [0.1, 0.15) is 56.2 Å². The third kappa shape index (κ3) is 5.61. The molecule has 1 unspecified atom stereocenters. The van der Waals surface area contributed by atoms with Gasteiger partial charge in [-0.15, -0.1) is 11.3 Å². The molecule has 1 atom stereocenters. The van der Waals surface area contributed by atoms with Crippen molar-refractivity contribution in [2.75, 3.05) is 0 Å².